The van der Waals surface area contributed by atoms with Gasteiger partial charge in [0.2, 0.25) is 0 Å². The van der Waals surface area contributed by atoms with Gasteiger partial charge in [0.05, 0.1) is 12.0 Å². The fourth-order valence-corrected chi connectivity index (χ4v) is 3.62. The van der Waals surface area contributed by atoms with Crippen LogP contribution in [0.15, 0.2) is 16.6 Å². The van der Waals surface area contributed by atoms with E-state index >= 15 is 0 Å². The zero-order valence-electron chi connectivity index (χ0n) is 9.72. The average molecular weight is 316 g/mol. The Morgan fingerprint density at radius 3 is 2.94 bits per heavy atom. The third-order valence-corrected chi connectivity index (χ3v) is 4.75. The Kier molecular flexibility index (Phi) is 3.36. The molecule has 0 aromatic heterocycles. The normalized spacial score (nSPS) is 20.6. The van der Waals surface area contributed by atoms with Crippen molar-refractivity contribution in [2.75, 3.05) is 6.61 Å². The number of fused-ring (bicyclic) bond motifs is 1. The molecule has 1 aliphatic heterocycles. The standard InChI is InChI=1S/C14H16BrClO/c15-11-7-10-4-5-17-14(10)12(8-11)13(16)6-9-2-1-3-9/h7-9,13H,1-6H2. The predicted octanol–water partition coefficient (Wildman–Crippen LogP) is 4.85. The van der Waals surface area contributed by atoms with Gasteiger partial charge in [-0.1, -0.05) is 35.2 Å². The summed E-state index contributed by atoms with van der Waals surface area (Å²) in [7, 11) is 0. The summed E-state index contributed by atoms with van der Waals surface area (Å²) < 4.78 is 6.85. The molecule has 1 unspecified atom stereocenters. The van der Waals surface area contributed by atoms with Crippen LogP contribution in [0.25, 0.3) is 0 Å². The summed E-state index contributed by atoms with van der Waals surface area (Å²) >= 11 is 10.1. The van der Waals surface area contributed by atoms with Crippen LogP contribution in [-0.4, -0.2) is 6.61 Å². The number of halogens is 2. The number of alkyl halides is 1. The van der Waals surface area contributed by atoms with Gasteiger partial charge >= 0.3 is 0 Å². The molecule has 0 spiro atoms. The van der Waals surface area contributed by atoms with Gasteiger partial charge in [-0.25, -0.2) is 0 Å². The maximum atomic E-state index is 6.57. The van der Waals surface area contributed by atoms with Crippen molar-refractivity contribution in [1.29, 1.82) is 0 Å². The van der Waals surface area contributed by atoms with E-state index in [0.717, 1.165) is 35.6 Å². The molecule has 1 aromatic carbocycles. The molecule has 1 nitrogen and oxygen atoms in total. The average Bonchev–Trinajstić information content (AvgIpc) is 2.69. The summed E-state index contributed by atoms with van der Waals surface area (Å²) in [6.07, 6.45) is 6.17. The highest BCUT2D eigenvalue weighted by molar-refractivity contribution is 9.10. The van der Waals surface area contributed by atoms with E-state index < -0.39 is 0 Å². The predicted molar refractivity (Wildman–Crippen MR) is 73.9 cm³/mol. The third-order valence-electron chi connectivity index (χ3n) is 3.88. The van der Waals surface area contributed by atoms with E-state index in [9.17, 15) is 0 Å². The minimum Gasteiger partial charge on any atom is -0.493 e. The molecule has 1 saturated carbocycles. The Labute approximate surface area is 116 Å². The fourth-order valence-electron chi connectivity index (χ4n) is 2.68. The number of benzene rings is 1. The number of hydrogen-bond donors (Lipinski definition) is 0. The minimum absolute atomic E-state index is 0.102. The van der Waals surface area contributed by atoms with Crippen LogP contribution in [0.4, 0.5) is 0 Å². The molecule has 1 aliphatic carbocycles. The van der Waals surface area contributed by atoms with Crippen LogP contribution >= 0.6 is 27.5 Å². The zero-order valence-corrected chi connectivity index (χ0v) is 12.1. The number of hydrogen-bond acceptors (Lipinski definition) is 1. The molecule has 1 fully saturated rings. The molecular formula is C14H16BrClO. The van der Waals surface area contributed by atoms with E-state index in [0.29, 0.717) is 0 Å². The largest absolute Gasteiger partial charge is 0.493 e. The van der Waals surface area contributed by atoms with Crippen molar-refractivity contribution in [2.24, 2.45) is 5.92 Å². The summed E-state index contributed by atoms with van der Waals surface area (Å²) in [5.74, 6) is 1.88. The van der Waals surface area contributed by atoms with Crippen LogP contribution in [0.3, 0.4) is 0 Å². The van der Waals surface area contributed by atoms with Crippen LogP contribution in [0.2, 0.25) is 0 Å². The van der Waals surface area contributed by atoms with Crippen molar-refractivity contribution in [3.63, 3.8) is 0 Å². The number of ether oxygens (including phenoxy) is 1. The molecule has 0 saturated heterocycles. The first kappa shape index (κ1) is 11.9. The molecule has 3 rings (SSSR count). The maximum Gasteiger partial charge on any atom is 0.127 e. The monoisotopic (exact) mass is 314 g/mol. The van der Waals surface area contributed by atoms with Gasteiger partial charge in [0, 0.05) is 16.5 Å². The molecule has 0 radical (unpaired) electrons. The molecule has 0 N–H and O–H groups in total. The van der Waals surface area contributed by atoms with Gasteiger partial charge in [0.15, 0.2) is 0 Å². The van der Waals surface area contributed by atoms with Crippen molar-refractivity contribution in [1.82, 2.24) is 0 Å². The summed E-state index contributed by atoms with van der Waals surface area (Å²) in [5.41, 5.74) is 2.48. The fraction of sp³-hybridized carbons (Fsp3) is 0.571. The Hall–Kier alpha value is -0.210. The number of rotatable bonds is 3. The Morgan fingerprint density at radius 2 is 2.24 bits per heavy atom. The molecule has 1 atom stereocenters. The lowest BCUT2D eigenvalue weighted by atomic mass is 9.81. The molecule has 1 heterocycles. The van der Waals surface area contributed by atoms with Crippen LogP contribution < -0.4 is 4.74 Å². The molecule has 1 aromatic rings. The second-order valence-electron chi connectivity index (χ2n) is 5.08. The van der Waals surface area contributed by atoms with E-state index in [1.54, 1.807) is 0 Å². The van der Waals surface area contributed by atoms with Crippen molar-refractivity contribution < 1.29 is 4.74 Å². The molecule has 3 heteroatoms. The van der Waals surface area contributed by atoms with Gasteiger partial charge in [-0.05, 0) is 30.0 Å². The maximum absolute atomic E-state index is 6.57. The first-order chi connectivity index (χ1) is 8.24. The Bertz CT molecular complexity index is 428. The second-order valence-corrected chi connectivity index (χ2v) is 6.52. The van der Waals surface area contributed by atoms with E-state index in [1.165, 1.54) is 30.4 Å². The van der Waals surface area contributed by atoms with Crippen molar-refractivity contribution in [3.8, 4) is 5.75 Å². The minimum atomic E-state index is 0.102. The first-order valence-electron chi connectivity index (χ1n) is 6.33. The van der Waals surface area contributed by atoms with Crippen LogP contribution in [-0.2, 0) is 6.42 Å². The van der Waals surface area contributed by atoms with Gasteiger partial charge in [0.1, 0.15) is 5.75 Å². The molecular weight excluding hydrogens is 300 g/mol. The molecule has 17 heavy (non-hydrogen) atoms. The quantitative estimate of drug-likeness (QED) is 0.724. The van der Waals surface area contributed by atoms with Crippen molar-refractivity contribution >= 4 is 27.5 Å². The van der Waals surface area contributed by atoms with Gasteiger partial charge in [-0.2, -0.15) is 0 Å². The van der Waals surface area contributed by atoms with E-state index in [2.05, 4.69) is 28.1 Å². The lowest BCUT2D eigenvalue weighted by Crippen LogP contribution is -2.13. The highest BCUT2D eigenvalue weighted by Crippen LogP contribution is 2.44. The van der Waals surface area contributed by atoms with Crippen LogP contribution in [0, 0.1) is 5.92 Å². The van der Waals surface area contributed by atoms with Crippen molar-refractivity contribution in [2.45, 2.75) is 37.5 Å². The summed E-state index contributed by atoms with van der Waals surface area (Å²) in [5, 5.41) is 0.102. The Balaban J connectivity index is 1.85. The van der Waals surface area contributed by atoms with Gasteiger partial charge in [-0.15, -0.1) is 11.6 Å². The lowest BCUT2D eigenvalue weighted by Gasteiger charge is -2.28. The van der Waals surface area contributed by atoms with Gasteiger partial charge in [0.25, 0.3) is 0 Å². The SMILES string of the molecule is ClC(CC1CCC1)c1cc(Br)cc2c1OCC2. The smallest absolute Gasteiger partial charge is 0.127 e. The van der Waals surface area contributed by atoms with E-state index in [1.807, 2.05) is 0 Å². The molecule has 92 valence electrons. The highest BCUT2D eigenvalue weighted by atomic mass is 79.9. The third kappa shape index (κ3) is 2.34. The van der Waals surface area contributed by atoms with Crippen LogP contribution in [0.1, 0.15) is 42.2 Å². The first-order valence-corrected chi connectivity index (χ1v) is 7.56. The summed E-state index contributed by atoms with van der Waals surface area (Å²) in [4.78, 5) is 0. The Morgan fingerprint density at radius 1 is 1.41 bits per heavy atom. The zero-order chi connectivity index (χ0) is 11.8. The van der Waals surface area contributed by atoms with E-state index in [-0.39, 0.29) is 5.38 Å². The summed E-state index contributed by atoms with van der Waals surface area (Å²) in [6.45, 7) is 0.797. The lowest BCUT2D eigenvalue weighted by molar-refractivity contribution is 0.290. The van der Waals surface area contributed by atoms with Crippen LogP contribution in [0.5, 0.6) is 5.75 Å². The molecule has 0 bridgehead atoms. The molecule has 0 amide bonds. The van der Waals surface area contributed by atoms with Gasteiger partial charge in [-0.3, -0.25) is 0 Å². The molecule has 2 aliphatic rings. The summed E-state index contributed by atoms with van der Waals surface area (Å²) in [6, 6.07) is 4.28. The topological polar surface area (TPSA) is 9.23 Å². The van der Waals surface area contributed by atoms with E-state index in [4.69, 9.17) is 16.3 Å². The highest BCUT2D eigenvalue weighted by Gasteiger charge is 2.26. The second kappa shape index (κ2) is 4.81. The van der Waals surface area contributed by atoms with Gasteiger partial charge < -0.3 is 4.74 Å². The van der Waals surface area contributed by atoms with Crippen molar-refractivity contribution in [3.05, 3.63) is 27.7 Å².